The maximum absolute atomic E-state index is 11.8. The topological polar surface area (TPSA) is 58.5 Å². The van der Waals surface area contributed by atoms with Crippen molar-refractivity contribution in [2.24, 2.45) is 5.10 Å². The van der Waals surface area contributed by atoms with E-state index < -0.39 is 10.0 Å². The van der Waals surface area contributed by atoms with Gasteiger partial charge in [0, 0.05) is 10.7 Å². The minimum Gasteiger partial charge on any atom is -0.200 e. The van der Waals surface area contributed by atoms with Crippen LogP contribution in [0.5, 0.6) is 0 Å². The minimum atomic E-state index is -3.54. The molecule has 0 bridgehead atoms. The summed E-state index contributed by atoms with van der Waals surface area (Å²) >= 11 is 3.26. The summed E-state index contributed by atoms with van der Waals surface area (Å²) in [7, 11) is -3.54. The zero-order chi connectivity index (χ0) is 14.1. The first-order valence-electron chi connectivity index (χ1n) is 6.35. The molecule has 0 aliphatic carbocycles. The molecule has 1 aromatic rings. The molecule has 19 heavy (non-hydrogen) atoms. The second-order valence-corrected chi connectivity index (χ2v) is 6.79. The lowest BCUT2D eigenvalue weighted by Crippen LogP contribution is -2.18. The lowest BCUT2D eigenvalue weighted by atomic mass is 10.2. The lowest BCUT2D eigenvalue weighted by Gasteiger charge is -2.03. The van der Waals surface area contributed by atoms with E-state index in [4.69, 9.17) is 0 Å². The van der Waals surface area contributed by atoms with Gasteiger partial charge in [-0.25, -0.2) is 4.83 Å². The first-order chi connectivity index (χ1) is 9.06. The Balaban J connectivity index is 2.43. The summed E-state index contributed by atoms with van der Waals surface area (Å²) in [5, 5.41) is 3.76. The molecule has 0 spiro atoms. The molecule has 0 aromatic heterocycles. The Morgan fingerprint density at radius 3 is 2.53 bits per heavy atom. The van der Waals surface area contributed by atoms with E-state index in [1.807, 2.05) is 0 Å². The van der Waals surface area contributed by atoms with E-state index in [0.29, 0.717) is 0 Å². The Morgan fingerprint density at radius 1 is 1.21 bits per heavy atom. The van der Waals surface area contributed by atoms with Crippen LogP contribution >= 0.6 is 15.9 Å². The molecule has 6 heteroatoms. The van der Waals surface area contributed by atoms with Gasteiger partial charge < -0.3 is 0 Å². The number of benzene rings is 1. The van der Waals surface area contributed by atoms with Gasteiger partial charge in [-0.15, -0.1) is 0 Å². The minimum absolute atomic E-state index is 0.207. The maximum atomic E-state index is 11.8. The zero-order valence-electron chi connectivity index (χ0n) is 11.0. The molecule has 0 aliphatic heterocycles. The second-order valence-electron chi connectivity index (χ2n) is 4.21. The molecule has 0 saturated heterocycles. The smallest absolute Gasteiger partial charge is 0.200 e. The Hall–Kier alpha value is -0.880. The van der Waals surface area contributed by atoms with Crippen LogP contribution in [0, 0.1) is 0 Å². The molecule has 0 atom stereocenters. The van der Waals surface area contributed by atoms with Crippen molar-refractivity contribution in [1.82, 2.24) is 4.83 Å². The van der Waals surface area contributed by atoms with Crippen molar-refractivity contribution in [3.05, 3.63) is 28.7 Å². The molecule has 4 nitrogen and oxygen atoms in total. The van der Waals surface area contributed by atoms with Gasteiger partial charge in [-0.1, -0.05) is 42.1 Å². The molecule has 106 valence electrons. The number of hydrogen-bond donors (Lipinski definition) is 1. The van der Waals surface area contributed by atoms with Crippen LogP contribution in [0.3, 0.4) is 0 Å². The molecular formula is C13H19BrN2O2S. The third-order valence-electron chi connectivity index (χ3n) is 2.57. The maximum Gasteiger partial charge on any atom is 0.276 e. The highest BCUT2D eigenvalue weighted by atomic mass is 79.9. The molecule has 1 rings (SSSR count). The normalized spacial score (nSPS) is 11.9. The van der Waals surface area contributed by atoms with E-state index in [-0.39, 0.29) is 4.90 Å². The number of rotatable bonds is 8. The summed E-state index contributed by atoms with van der Waals surface area (Å²) in [6.07, 6.45) is 7.00. The van der Waals surface area contributed by atoms with E-state index in [2.05, 4.69) is 32.8 Å². The average Bonchev–Trinajstić information content (AvgIpc) is 2.38. The molecule has 0 radical (unpaired) electrons. The van der Waals surface area contributed by atoms with Crippen LogP contribution in [-0.2, 0) is 10.0 Å². The fraction of sp³-hybridized carbons (Fsp3) is 0.462. The molecule has 0 heterocycles. The van der Waals surface area contributed by atoms with E-state index in [1.54, 1.807) is 18.3 Å². The summed E-state index contributed by atoms with van der Waals surface area (Å²) in [5.41, 5.74) is 0. The van der Waals surface area contributed by atoms with Gasteiger partial charge in [0.2, 0.25) is 0 Å². The lowest BCUT2D eigenvalue weighted by molar-refractivity contribution is 0.584. The number of hydrogen-bond acceptors (Lipinski definition) is 3. The van der Waals surface area contributed by atoms with E-state index >= 15 is 0 Å². The number of sulfonamides is 1. The van der Waals surface area contributed by atoms with Gasteiger partial charge in [0.15, 0.2) is 0 Å². The van der Waals surface area contributed by atoms with Crippen molar-refractivity contribution < 1.29 is 8.42 Å². The van der Waals surface area contributed by atoms with Crippen LogP contribution in [-0.4, -0.2) is 14.6 Å². The third-order valence-corrected chi connectivity index (χ3v) is 4.34. The van der Waals surface area contributed by atoms with Gasteiger partial charge >= 0.3 is 0 Å². The van der Waals surface area contributed by atoms with Crippen molar-refractivity contribution in [2.45, 2.75) is 43.9 Å². The Kier molecular flexibility index (Phi) is 7.09. The summed E-state index contributed by atoms with van der Waals surface area (Å²) in [4.78, 5) is 2.42. The predicted molar refractivity (Wildman–Crippen MR) is 81.7 cm³/mol. The highest BCUT2D eigenvalue weighted by Gasteiger charge is 2.11. The zero-order valence-corrected chi connectivity index (χ0v) is 13.4. The van der Waals surface area contributed by atoms with E-state index in [9.17, 15) is 8.42 Å². The fourth-order valence-electron chi connectivity index (χ4n) is 1.50. The van der Waals surface area contributed by atoms with Crippen molar-refractivity contribution in [3.8, 4) is 0 Å². The molecule has 0 unspecified atom stereocenters. The molecule has 0 fully saturated rings. The van der Waals surface area contributed by atoms with Gasteiger partial charge in [-0.2, -0.15) is 13.5 Å². The van der Waals surface area contributed by atoms with Gasteiger partial charge in [-0.05, 0) is 37.1 Å². The Labute approximate surface area is 123 Å². The fourth-order valence-corrected chi connectivity index (χ4v) is 2.58. The van der Waals surface area contributed by atoms with Crippen LogP contribution in [0.2, 0.25) is 0 Å². The SMILES string of the molecule is CCCCCCC=NNS(=O)(=O)c1ccc(Br)cc1. The molecule has 1 aromatic carbocycles. The van der Waals surface area contributed by atoms with E-state index in [1.165, 1.54) is 25.0 Å². The first kappa shape index (κ1) is 16.2. The Bertz CT molecular complexity index is 498. The van der Waals surface area contributed by atoms with Crippen LogP contribution in [0.25, 0.3) is 0 Å². The quantitative estimate of drug-likeness (QED) is 0.443. The number of hydrazone groups is 1. The summed E-state index contributed by atoms with van der Waals surface area (Å²) < 4.78 is 24.5. The summed E-state index contributed by atoms with van der Waals surface area (Å²) in [6, 6.07) is 6.43. The van der Waals surface area contributed by atoms with Crippen molar-refractivity contribution in [1.29, 1.82) is 0 Å². The molecule has 0 saturated carbocycles. The standard InChI is InChI=1S/C13H19BrN2O2S/c1-2-3-4-5-6-11-15-16-19(17,18)13-9-7-12(14)8-10-13/h7-11,16H,2-6H2,1H3. The predicted octanol–water partition coefficient (Wildman–Crippen LogP) is 3.68. The van der Waals surface area contributed by atoms with Crippen LogP contribution < -0.4 is 4.83 Å². The first-order valence-corrected chi connectivity index (χ1v) is 8.63. The second kappa shape index (κ2) is 8.32. The van der Waals surface area contributed by atoms with E-state index in [0.717, 1.165) is 23.7 Å². The molecule has 0 aliphatic rings. The number of nitrogens with one attached hydrogen (secondary N) is 1. The van der Waals surface area contributed by atoms with Gasteiger partial charge in [-0.3, -0.25) is 0 Å². The van der Waals surface area contributed by atoms with Crippen LogP contribution in [0.1, 0.15) is 39.0 Å². The highest BCUT2D eigenvalue weighted by molar-refractivity contribution is 9.10. The number of halogens is 1. The van der Waals surface area contributed by atoms with Crippen molar-refractivity contribution >= 4 is 32.2 Å². The largest absolute Gasteiger partial charge is 0.276 e. The summed E-state index contributed by atoms with van der Waals surface area (Å²) in [5.74, 6) is 0. The van der Waals surface area contributed by atoms with Crippen LogP contribution in [0.15, 0.2) is 38.7 Å². The van der Waals surface area contributed by atoms with Crippen LogP contribution in [0.4, 0.5) is 0 Å². The van der Waals surface area contributed by atoms with Gasteiger partial charge in [0.05, 0.1) is 4.90 Å². The monoisotopic (exact) mass is 346 g/mol. The summed E-state index contributed by atoms with van der Waals surface area (Å²) in [6.45, 7) is 2.15. The van der Waals surface area contributed by atoms with Gasteiger partial charge in [0.1, 0.15) is 0 Å². The third kappa shape index (κ3) is 6.20. The van der Waals surface area contributed by atoms with Gasteiger partial charge in [0.25, 0.3) is 10.0 Å². The van der Waals surface area contributed by atoms with Crippen molar-refractivity contribution in [2.75, 3.05) is 0 Å². The Morgan fingerprint density at radius 2 is 1.89 bits per heavy atom. The molecule has 0 amide bonds. The molecule has 1 N–H and O–H groups in total. The highest BCUT2D eigenvalue weighted by Crippen LogP contribution is 2.14. The van der Waals surface area contributed by atoms with Crippen molar-refractivity contribution in [3.63, 3.8) is 0 Å². The number of nitrogens with zero attached hydrogens (tertiary/aromatic N) is 1. The average molecular weight is 347 g/mol. The molecular weight excluding hydrogens is 328 g/mol. The number of unbranched alkanes of at least 4 members (excludes halogenated alkanes) is 4.